The number of ether oxygens (including phenoxy) is 1. The Morgan fingerprint density at radius 3 is 2.06 bits per heavy atom. The molecule has 0 spiro atoms. The van der Waals surface area contributed by atoms with Crippen molar-refractivity contribution in [1.82, 2.24) is 4.98 Å². The maximum absolute atomic E-state index is 12.5. The number of aromatic nitrogens is 1. The number of nitrogens with one attached hydrogen (secondary N) is 1. The number of hydrogen-bond acceptors (Lipinski definition) is 3. The van der Waals surface area contributed by atoms with Gasteiger partial charge in [0.2, 0.25) is 0 Å². The number of H-pyrrole nitrogens is 1. The van der Waals surface area contributed by atoms with Crippen LogP contribution in [0.25, 0.3) is 10.9 Å². The number of ketones is 1. The molecule has 0 amide bonds. The first-order valence-electron chi connectivity index (χ1n) is 11.5. The highest BCUT2D eigenvalue weighted by Gasteiger charge is 2.11. The van der Waals surface area contributed by atoms with E-state index in [9.17, 15) is 9.59 Å². The van der Waals surface area contributed by atoms with Crippen molar-refractivity contribution in [3.8, 4) is 0 Å². The molecule has 1 N–H and O–H groups in total. The van der Waals surface area contributed by atoms with Gasteiger partial charge in [0, 0.05) is 35.5 Å². The summed E-state index contributed by atoms with van der Waals surface area (Å²) in [5.41, 5.74) is 2.87. The van der Waals surface area contributed by atoms with E-state index in [2.05, 4.69) is 4.98 Å². The second-order valence-electron chi connectivity index (χ2n) is 8.15. The molecule has 0 atom stereocenters. The smallest absolute Gasteiger partial charge is 0.306 e. The Bertz CT molecular complexity index is 945. The molecule has 0 aliphatic rings. The number of para-hydroxylation sites is 1. The monoisotopic (exact) mass is 419 g/mol. The van der Waals surface area contributed by atoms with Gasteiger partial charge in [-0.05, 0) is 24.5 Å². The molecule has 164 valence electrons. The predicted molar refractivity (Wildman–Crippen MR) is 125 cm³/mol. The van der Waals surface area contributed by atoms with Crippen molar-refractivity contribution in [2.75, 3.05) is 0 Å². The van der Waals surface area contributed by atoms with Crippen molar-refractivity contribution in [3.05, 3.63) is 71.9 Å². The largest absolute Gasteiger partial charge is 0.461 e. The summed E-state index contributed by atoms with van der Waals surface area (Å²) in [6, 6.07) is 17.7. The molecular weight excluding hydrogens is 386 g/mol. The van der Waals surface area contributed by atoms with E-state index in [1.807, 2.05) is 60.8 Å². The molecule has 3 rings (SSSR count). The molecule has 1 heterocycles. The molecule has 0 unspecified atom stereocenters. The van der Waals surface area contributed by atoms with E-state index in [1.165, 1.54) is 19.3 Å². The lowest BCUT2D eigenvalue weighted by atomic mass is 10.0. The predicted octanol–water partition coefficient (Wildman–Crippen LogP) is 7.00. The Kier molecular flexibility index (Phi) is 9.36. The summed E-state index contributed by atoms with van der Waals surface area (Å²) in [6.45, 7) is 0.364. The van der Waals surface area contributed by atoms with Gasteiger partial charge in [-0.15, -0.1) is 0 Å². The normalized spacial score (nSPS) is 11.0. The van der Waals surface area contributed by atoms with Gasteiger partial charge in [0.1, 0.15) is 6.61 Å². The highest BCUT2D eigenvalue weighted by molar-refractivity contribution is 6.07. The van der Waals surface area contributed by atoms with Crippen LogP contribution < -0.4 is 0 Å². The van der Waals surface area contributed by atoms with E-state index in [4.69, 9.17) is 4.74 Å². The molecule has 4 heteroatoms. The molecule has 2 aromatic carbocycles. The van der Waals surface area contributed by atoms with E-state index < -0.39 is 0 Å². The third-order valence-electron chi connectivity index (χ3n) is 5.67. The van der Waals surface area contributed by atoms with Gasteiger partial charge in [-0.3, -0.25) is 9.59 Å². The summed E-state index contributed by atoms with van der Waals surface area (Å²) < 4.78 is 5.30. The first kappa shape index (κ1) is 22.8. The topological polar surface area (TPSA) is 59.2 Å². The number of benzene rings is 2. The molecule has 1 aromatic heterocycles. The number of fused-ring (bicyclic) bond motifs is 1. The number of rotatable bonds is 14. The van der Waals surface area contributed by atoms with E-state index in [1.54, 1.807) is 0 Å². The SMILES string of the molecule is O=C(CCCCCCCCCCC(=O)c1c[nH]c2ccccc12)OCc1ccccc1. The van der Waals surface area contributed by atoms with Crippen molar-refractivity contribution in [3.63, 3.8) is 0 Å². The van der Waals surface area contributed by atoms with Gasteiger partial charge in [0.25, 0.3) is 0 Å². The Morgan fingerprint density at radius 2 is 1.32 bits per heavy atom. The quantitative estimate of drug-likeness (QED) is 0.174. The fourth-order valence-electron chi connectivity index (χ4n) is 3.86. The lowest BCUT2D eigenvalue weighted by molar-refractivity contribution is -0.145. The molecule has 0 bridgehead atoms. The fourth-order valence-corrected chi connectivity index (χ4v) is 3.86. The molecule has 0 radical (unpaired) electrons. The third kappa shape index (κ3) is 7.71. The van der Waals surface area contributed by atoms with Crippen molar-refractivity contribution in [2.24, 2.45) is 0 Å². The molecule has 0 aliphatic heterocycles. The van der Waals surface area contributed by atoms with Gasteiger partial charge in [-0.25, -0.2) is 0 Å². The summed E-state index contributed by atoms with van der Waals surface area (Å²) in [5, 5.41) is 1.02. The molecule has 31 heavy (non-hydrogen) atoms. The zero-order valence-electron chi connectivity index (χ0n) is 18.3. The summed E-state index contributed by atoms with van der Waals surface area (Å²) >= 11 is 0. The average Bonchev–Trinajstić information content (AvgIpc) is 3.24. The number of carbonyl (C=O) groups excluding carboxylic acids is 2. The van der Waals surface area contributed by atoms with Crippen LogP contribution in [0.1, 0.15) is 80.1 Å². The minimum absolute atomic E-state index is 0.108. The van der Waals surface area contributed by atoms with Crippen molar-refractivity contribution in [1.29, 1.82) is 0 Å². The Hall–Kier alpha value is -2.88. The highest BCUT2D eigenvalue weighted by Crippen LogP contribution is 2.20. The van der Waals surface area contributed by atoms with Crippen LogP contribution in [-0.2, 0) is 16.1 Å². The minimum Gasteiger partial charge on any atom is -0.461 e. The first-order chi connectivity index (χ1) is 15.2. The Labute approximate surface area is 185 Å². The van der Waals surface area contributed by atoms with Crippen LogP contribution in [0.2, 0.25) is 0 Å². The lowest BCUT2D eigenvalue weighted by Gasteiger charge is -2.05. The van der Waals surface area contributed by atoms with Gasteiger partial charge in [0.05, 0.1) is 0 Å². The second-order valence-corrected chi connectivity index (χ2v) is 8.15. The number of aromatic amines is 1. The van der Waals surface area contributed by atoms with E-state index in [0.717, 1.165) is 54.1 Å². The molecule has 0 aliphatic carbocycles. The lowest BCUT2D eigenvalue weighted by Crippen LogP contribution is -2.04. The number of Topliss-reactive ketones (excluding diaryl/α,β-unsaturated/α-hetero) is 1. The van der Waals surface area contributed by atoms with E-state index in [-0.39, 0.29) is 11.8 Å². The molecule has 3 aromatic rings. The van der Waals surface area contributed by atoms with E-state index in [0.29, 0.717) is 19.4 Å². The molecule has 0 saturated carbocycles. The standard InChI is InChI=1S/C27H33NO3/c29-26(24-20-28-25-17-13-12-16-23(24)25)18-10-5-3-1-2-4-6-11-19-27(30)31-21-22-14-8-7-9-15-22/h7-9,12-17,20,28H,1-6,10-11,18-19,21H2. The molecule has 0 fully saturated rings. The van der Waals surface area contributed by atoms with Crippen molar-refractivity contribution < 1.29 is 14.3 Å². The van der Waals surface area contributed by atoms with Crippen LogP contribution >= 0.6 is 0 Å². The summed E-state index contributed by atoms with van der Waals surface area (Å²) in [4.78, 5) is 27.4. The molecule has 0 saturated heterocycles. The van der Waals surface area contributed by atoms with E-state index >= 15 is 0 Å². The fraction of sp³-hybridized carbons (Fsp3) is 0.407. The van der Waals surface area contributed by atoms with Gasteiger partial charge < -0.3 is 9.72 Å². The van der Waals surface area contributed by atoms with Crippen LogP contribution in [0.4, 0.5) is 0 Å². The van der Waals surface area contributed by atoms with Crippen LogP contribution in [0, 0.1) is 0 Å². The molecular formula is C27H33NO3. The maximum atomic E-state index is 12.5. The minimum atomic E-state index is -0.108. The number of carbonyl (C=O) groups is 2. The van der Waals surface area contributed by atoms with Gasteiger partial charge >= 0.3 is 5.97 Å². The van der Waals surface area contributed by atoms with Crippen LogP contribution in [0.5, 0.6) is 0 Å². The van der Waals surface area contributed by atoms with Crippen molar-refractivity contribution >= 4 is 22.7 Å². The van der Waals surface area contributed by atoms with Crippen molar-refractivity contribution in [2.45, 2.75) is 70.8 Å². The Morgan fingerprint density at radius 1 is 0.710 bits per heavy atom. The highest BCUT2D eigenvalue weighted by atomic mass is 16.5. The second kappa shape index (κ2) is 12.7. The average molecular weight is 420 g/mol. The van der Waals surface area contributed by atoms with Crippen LogP contribution in [-0.4, -0.2) is 16.7 Å². The summed E-state index contributed by atoms with van der Waals surface area (Å²) in [5.74, 6) is 0.125. The summed E-state index contributed by atoms with van der Waals surface area (Å²) in [6.07, 6.45) is 11.7. The van der Waals surface area contributed by atoms with Gasteiger partial charge in [-0.1, -0.05) is 87.1 Å². The Balaban J connectivity index is 1.16. The van der Waals surface area contributed by atoms with Gasteiger partial charge in [0.15, 0.2) is 5.78 Å². The first-order valence-corrected chi connectivity index (χ1v) is 11.5. The number of hydrogen-bond donors (Lipinski definition) is 1. The zero-order chi connectivity index (χ0) is 21.7. The van der Waals surface area contributed by atoms with Crippen LogP contribution in [0.3, 0.4) is 0 Å². The zero-order valence-corrected chi connectivity index (χ0v) is 18.3. The summed E-state index contributed by atoms with van der Waals surface area (Å²) in [7, 11) is 0. The maximum Gasteiger partial charge on any atom is 0.306 e. The third-order valence-corrected chi connectivity index (χ3v) is 5.67. The number of esters is 1. The molecule has 4 nitrogen and oxygen atoms in total. The van der Waals surface area contributed by atoms with Crippen LogP contribution in [0.15, 0.2) is 60.8 Å². The number of unbranched alkanes of at least 4 members (excludes halogenated alkanes) is 7. The van der Waals surface area contributed by atoms with Gasteiger partial charge in [-0.2, -0.15) is 0 Å².